The van der Waals surface area contributed by atoms with Crippen molar-refractivity contribution in [2.75, 3.05) is 7.11 Å². The van der Waals surface area contributed by atoms with Crippen LogP contribution in [-0.2, 0) is 6.42 Å². The SMILES string of the molecule is COc1cc(CC(Br)C(C)C)c([N+](=O)[O-])cc1F. The lowest BCUT2D eigenvalue weighted by Crippen LogP contribution is -2.12. The van der Waals surface area contributed by atoms with E-state index in [0.717, 1.165) is 6.07 Å². The highest BCUT2D eigenvalue weighted by molar-refractivity contribution is 9.09. The molecule has 0 aliphatic heterocycles. The molecule has 0 aliphatic carbocycles. The standard InChI is InChI=1S/C12H15BrFNO3/c1-7(2)9(13)4-8-5-12(18-3)10(14)6-11(8)15(16)17/h5-7,9H,4H2,1-3H3. The summed E-state index contributed by atoms with van der Waals surface area (Å²) in [7, 11) is 1.34. The summed E-state index contributed by atoms with van der Waals surface area (Å²) < 4.78 is 18.3. The molecule has 0 aromatic heterocycles. The molecule has 100 valence electrons. The van der Waals surface area contributed by atoms with Crippen LogP contribution in [0.4, 0.5) is 10.1 Å². The minimum atomic E-state index is -0.719. The number of hydrogen-bond acceptors (Lipinski definition) is 3. The summed E-state index contributed by atoms with van der Waals surface area (Å²) in [6.45, 7) is 4.01. The van der Waals surface area contributed by atoms with Crippen molar-refractivity contribution < 1.29 is 14.1 Å². The minimum Gasteiger partial charge on any atom is -0.494 e. The largest absolute Gasteiger partial charge is 0.494 e. The predicted molar refractivity (Wildman–Crippen MR) is 70.9 cm³/mol. The van der Waals surface area contributed by atoms with Crippen LogP contribution in [0.5, 0.6) is 5.75 Å². The number of nitro groups is 1. The zero-order chi connectivity index (χ0) is 13.9. The monoisotopic (exact) mass is 319 g/mol. The van der Waals surface area contributed by atoms with Crippen LogP contribution < -0.4 is 4.74 Å². The first kappa shape index (κ1) is 14.9. The molecule has 1 aromatic rings. The van der Waals surface area contributed by atoms with Crippen LogP contribution in [0.25, 0.3) is 0 Å². The van der Waals surface area contributed by atoms with Gasteiger partial charge in [0.05, 0.1) is 18.1 Å². The van der Waals surface area contributed by atoms with Crippen molar-refractivity contribution in [2.24, 2.45) is 5.92 Å². The summed E-state index contributed by atoms with van der Waals surface area (Å²) in [4.78, 5) is 10.4. The van der Waals surface area contributed by atoms with Gasteiger partial charge >= 0.3 is 0 Å². The van der Waals surface area contributed by atoms with Gasteiger partial charge in [0.25, 0.3) is 5.69 Å². The first-order chi connectivity index (χ1) is 8.36. The molecule has 1 unspecified atom stereocenters. The molecule has 0 heterocycles. The van der Waals surface area contributed by atoms with Crippen molar-refractivity contribution in [2.45, 2.75) is 25.1 Å². The number of ether oxygens (including phenoxy) is 1. The predicted octanol–water partition coefficient (Wildman–Crippen LogP) is 3.70. The van der Waals surface area contributed by atoms with Gasteiger partial charge in [0.1, 0.15) is 0 Å². The second-order valence-corrected chi connectivity index (χ2v) is 5.51. The third-order valence-electron chi connectivity index (χ3n) is 2.69. The molecule has 18 heavy (non-hydrogen) atoms. The van der Waals surface area contributed by atoms with E-state index in [4.69, 9.17) is 4.74 Å². The fraction of sp³-hybridized carbons (Fsp3) is 0.500. The van der Waals surface area contributed by atoms with Crippen LogP contribution >= 0.6 is 15.9 Å². The summed E-state index contributed by atoms with van der Waals surface area (Å²) in [5.74, 6) is -0.372. The van der Waals surface area contributed by atoms with E-state index in [1.54, 1.807) is 0 Å². The van der Waals surface area contributed by atoms with Crippen LogP contribution in [-0.4, -0.2) is 16.9 Å². The van der Waals surface area contributed by atoms with E-state index in [0.29, 0.717) is 17.9 Å². The number of nitro benzene ring substituents is 1. The molecule has 4 nitrogen and oxygen atoms in total. The number of benzene rings is 1. The van der Waals surface area contributed by atoms with Crippen molar-refractivity contribution in [3.8, 4) is 5.75 Å². The highest BCUT2D eigenvalue weighted by Gasteiger charge is 2.22. The van der Waals surface area contributed by atoms with E-state index in [1.165, 1.54) is 13.2 Å². The Morgan fingerprint density at radius 3 is 2.56 bits per heavy atom. The van der Waals surface area contributed by atoms with Gasteiger partial charge in [-0.25, -0.2) is 4.39 Å². The molecule has 1 atom stereocenters. The highest BCUT2D eigenvalue weighted by atomic mass is 79.9. The van der Waals surface area contributed by atoms with Crippen LogP contribution in [0.15, 0.2) is 12.1 Å². The molecule has 0 N–H and O–H groups in total. The van der Waals surface area contributed by atoms with Crippen LogP contribution in [0, 0.1) is 21.8 Å². The van der Waals surface area contributed by atoms with Crippen LogP contribution in [0.2, 0.25) is 0 Å². The maximum Gasteiger partial charge on any atom is 0.275 e. The van der Waals surface area contributed by atoms with Crippen molar-refractivity contribution in [3.05, 3.63) is 33.6 Å². The topological polar surface area (TPSA) is 52.4 Å². The summed E-state index contributed by atoms with van der Waals surface area (Å²) in [5, 5.41) is 10.9. The average Bonchev–Trinajstić information content (AvgIpc) is 2.30. The van der Waals surface area contributed by atoms with E-state index >= 15 is 0 Å². The average molecular weight is 320 g/mol. The summed E-state index contributed by atoms with van der Waals surface area (Å²) in [6.07, 6.45) is 0.449. The second kappa shape index (κ2) is 6.13. The van der Waals surface area contributed by atoms with Crippen LogP contribution in [0.3, 0.4) is 0 Å². The van der Waals surface area contributed by atoms with Gasteiger partial charge in [0.2, 0.25) is 0 Å². The van der Waals surface area contributed by atoms with Gasteiger partial charge in [0.15, 0.2) is 11.6 Å². The van der Waals surface area contributed by atoms with Gasteiger partial charge in [-0.1, -0.05) is 29.8 Å². The van der Waals surface area contributed by atoms with Gasteiger partial charge in [-0.05, 0) is 18.4 Å². The smallest absolute Gasteiger partial charge is 0.275 e. The lowest BCUT2D eigenvalue weighted by atomic mass is 10.0. The number of nitrogens with zero attached hydrogens (tertiary/aromatic N) is 1. The summed E-state index contributed by atoms with van der Waals surface area (Å²) >= 11 is 3.47. The second-order valence-electron chi connectivity index (χ2n) is 4.34. The van der Waals surface area contributed by atoms with Gasteiger partial charge in [-0.2, -0.15) is 0 Å². The van der Waals surface area contributed by atoms with Crippen molar-refractivity contribution >= 4 is 21.6 Å². The molecular weight excluding hydrogens is 305 g/mol. The third-order valence-corrected chi connectivity index (χ3v) is 4.07. The molecule has 0 spiro atoms. The van der Waals surface area contributed by atoms with Crippen molar-refractivity contribution in [1.29, 1.82) is 0 Å². The zero-order valence-corrected chi connectivity index (χ0v) is 12.0. The Balaban J connectivity index is 3.18. The zero-order valence-electron chi connectivity index (χ0n) is 10.4. The Morgan fingerprint density at radius 2 is 2.11 bits per heavy atom. The molecule has 0 aliphatic rings. The first-order valence-electron chi connectivity index (χ1n) is 5.51. The van der Waals surface area contributed by atoms with Gasteiger partial charge in [0, 0.05) is 10.4 Å². The highest BCUT2D eigenvalue weighted by Crippen LogP contribution is 2.30. The number of rotatable bonds is 5. The van der Waals surface area contributed by atoms with Gasteiger partial charge < -0.3 is 4.74 Å². The fourth-order valence-electron chi connectivity index (χ4n) is 1.52. The molecule has 1 aromatic carbocycles. The summed E-state index contributed by atoms with van der Waals surface area (Å²) in [5.41, 5.74) is 0.257. The third kappa shape index (κ3) is 3.41. The molecule has 0 fully saturated rings. The molecule has 0 saturated heterocycles. The Hall–Kier alpha value is -1.17. The van der Waals surface area contributed by atoms with Crippen molar-refractivity contribution in [3.63, 3.8) is 0 Å². The Bertz CT molecular complexity index is 451. The molecule has 0 radical (unpaired) electrons. The quantitative estimate of drug-likeness (QED) is 0.472. The first-order valence-corrected chi connectivity index (χ1v) is 6.43. The lowest BCUT2D eigenvalue weighted by Gasteiger charge is -2.14. The molecule has 0 saturated carbocycles. The summed E-state index contributed by atoms with van der Waals surface area (Å²) in [6, 6.07) is 2.30. The van der Waals surface area contributed by atoms with E-state index in [9.17, 15) is 14.5 Å². The molecule has 0 amide bonds. The number of methoxy groups -OCH3 is 1. The Morgan fingerprint density at radius 1 is 1.50 bits per heavy atom. The molecule has 1 rings (SSSR count). The lowest BCUT2D eigenvalue weighted by molar-refractivity contribution is -0.385. The maximum absolute atomic E-state index is 13.4. The molecule has 0 bridgehead atoms. The van der Waals surface area contributed by atoms with Crippen LogP contribution in [0.1, 0.15) is 19.4 Å². The molecular formula is C12H15BrFNO3. The fourth-order valence-corrected chi connectivity index (χ4v) is 1.87. The van der Waals surface area contributed by atoms with Gasteiger partial charge in [-0.15, -0.1) is 0 Å². The minimum absolute atomic E-state index is 0.0269. The number of alkyl halides is 1. The van der Waals surface area contributed by atoms with E-state index < -0.39 is 10.7 Å². The number of hydrogen-bond donors (Lipinski definition) is 0. The van der Waals surface area contributed by atoms with E-state index in [1.807, 2.05) is 13.8 Å². The Kier molecular flexibility index (Phi) is 5.07. The maximum atomic E-state index is 13.4. The van der Waals surface area contributed by atoms with Gasteiger partial charge in [-0.3, -0.25) is 10.1 Å². The Labute approximate surface area is 113 Å². The van der Waals surface area contributed by atoms with E-state index in [-0.39, 0.29) is 16.3 Å². The molecule has 6 heteroatoms. The van der Waals surface area contributed by atoms with E-state index in [2.05, 4.69) is 15.9 Å². The number of halogens is 2. The normalized spacial score (nSPS) is 12.6. The van der Waals surface area contributed by atoms with Crippen molar-refractivity contribution in [1.82, 2.24) is 0 Å².